The predicted molar refractivity (Wildman–Crippen MR) is 65.1 cm³/mol. The van der Waals surface area contributed by atoms with Crippen molar-refractivity contribution in [2.75, 3.05) is 13.3 Å². The van der Waals surface area contributed by atoms with Crippen LogP contribution in [0.2, 0.25) is 0 Å². The van der Waals surface area contributed by atoms with E-state index in [0.717, 1.165) is 29.9 Å². The Balaban J connectivity index is 1.90. The minimum absolute atomic E-state index is 0.241. The van der Waals surface area contributed by atoms with Crippen molar-refractivity contribution in [3.63, 3.8) is 0 Å². The first kappa shape index (κ1) is 12.2. The maximum absolute atomic E-state index is 5.80. The van der Waals surface area contributed by atoms with Crippen molar-refractivity contribution in [2.24, 2.45) is 5.73 Å². The minimum Gasteiger partial charge on any atom is -0.454 e. The molecule has 1 heterocycles. The lowest BCUT2D eigenvalue weighted by Gasteiger charge is -2.15. The van der Waals surface area contributed by atoms with Gasteiger partial charge < -0.3 is 19.9 Å². The molecule has 1 aromatic rings. The Kier molecular flexibility index (Phi) is 4.23. The second-order valence-corrected chi connectivity index (χ2v) is 4.11. The highest BCUT2D eigenvalue weighted by atomic mass is 16.7. The first-order valence-corrected chi connectivity index (χ1v) is 6.03. The molecule has 0 bridgehead atoms. The number of ether oxygens (including phenoxy) is 3. The number of benzene rings is 1. The van der Waals surface area contributed by atoms with Crippen molar-refractivity contribution in [2.45, 2.75) is 32.5 Å². The average Bonchev–Trinajstić information content (AvgIpc) is 2.81. The maximum atomic E-state index is 5.80. The highest BCUT2D eigenvalue weighted by Crippen LogP contribution is 2.32. The highest BCUT2D eigenvalue weighted by molar-refractivity contribution is 5.44. The van der Waals surface area contributed by atoms with Gasteiger partial charge in [-0.3, -0.25) is 0 Å². The van der Waals surface area contributed by atoms with Crippen molar-refractivity contribution >= 4 is 0 Å². The molecule has 0 fully saturated rings. The summed E-state index contributed by atoms with van der Waals surface area (Å²) in [6.07, 6.45) is 2.13. The molecule has 0 aliphatic carbocycles. The van der Waals surface area contributed by atoms with E-state index in [2.05, 4.69) is 6.92 Å². The highest BCUT2D eigenvalue weighted by Gasteiger charge is 2.13. The molecule has 2 rings (SSSR count). The summed E-state index contributed by atoms with van der Waals surface area (Å²) in [5, 5.41) is 0. The zero-order valence-electron chi connectivity index (χ0n) is 10.1. The Morgan fingerprint density at radius 3 is 2.94 bits per heavy atom. The van der Waals surface area contributed by atoms with Gasteiger partial charge in [-0.15, -0.1) is 0 Å². The topological polar surface area (TPSA) is 53.7 Å². The molecule has 94 valence electrons. The Morgan fingerprint density at radius 1 is 1.35 bits per heavy atom. The summed E-state index contributed by atoms with van der Waals surface area (Å²) in [6.45, 7) is 3.68. The lowest BCUT2D eigenvalue weighted by atomic mass is 10.2. The van der Waals surface area contributed by atoms with Crippen LogP contribution in [0.15, 0.2) is 18.2 Å². The van der Waals surface area contributed by atoms with E-state index >= 15 is 0 Å². The Morgan fingerprint density at radius 2 is 2.18 bits per heavy atom. The van der Waals surface area contributed by atoms with E-state index in [-0.39, 0.29) is 6.10 Å². The van der Waals surface area contributed by atoms with E-state index < -0.39 is 0 Å². The molecular formula is C13H19NO3. The van der Waals surface area contributed by atoms with Gasteiger partial charge in [0.05, 0.1) is 12.7 Å². The van der Waals surface area contributed by atoms with E-state index in [4.69, 9.17) is 19.9 Å². The van der Waals surface area contributed by atoms with Crippen molar-refractivity contribution < 1.29 is 14.2 Å². The van der Waals surface area contributed by atoms with Gasteiger partial charge in [0, 0.05) is 0 Å². The number of rotatable bonds is 6. The molecule has 0 saturated heterocycles. The smallest absolute Gasteiger partial charge is 0.231 e. The van der Waals surface area contributed by atoms with Crippen LogP contribution in [0.25, 0.3) is 0 Å². The standard InChI is InChI=1S/C13H19NO3/c1-2-11(5-6-14)15-8-10-3-4-12-13(7-10)17-9-16-12/h3-4,7,11H,2,5-6,8-9,14H2,1H3. The Bertz CT molecular complexity index is 368. The number of hydrogen-bond acceptors (Lipinski definition) is 4. The van der Waals surface area contributed by atoms with Crippen LogP contribution >= 0.6 is 0 Å². The van der Waals surface area contributed by atoms with Crippen LogP contribution < -0.4 is 15.2 Å². The van der Waals surface area contributed by atoms with Crippen molar-refractivity contribution in [1.82, 2.24) is 0 Å². The largest absolute Gasteiger partial charge is 0.454 e. The number of hydrogen-bond donors (Lipinski definition) is 1. The summed E-state index contributed by atoms with van der Waals surface area (Å²) in [5.41, 5.74) is 6.63. The summed E-state index contributed by atoms with van der Waals surface area (Å²) in [6, 6.07) is 5.89. The molecule has 4 nitrogen and oxygen atoms in total. The minimum atomic E-state index is 0.241. The summed E-state index contributed by atoms with van der Waals surface area (Å²) >= 11 is 0. The van der Waals surface area contributed by atoms with Crippen LogP contribution in [0.5, 0.6) is 11.5 Å². The first-order chi connectivity index (χ1) is 8.33. The quantitative estimate of drug-likeness (QED) is 0.822. The third kappa shape index (κ3) is 3.11. The second-order valence-electron chi connectivity index (χ2n) is 4.11. The SMILES string of the molecule is CCC(CCN)OCc1ccc2c(c1)OCO2. The van der Waals surface area contributed by atoms with E-state index in [1.165, 1.54) is 0 Å². The molecular weight excluding hydrogens is 218 g/mol. The molecule has 1 aromatic carbocycles. The van der Waals surface area contributed by atoms with Crippen molar-refractivity contribution in [1.29, 1.82) is 0 Å². The van der Waals surface area contributed by atoms with Crippen molar-refractivity contribution in [3.8, 4) is 11.5 Å². The van der Waals surface area contributed by atoms with Gasteiger partial charge in [-0.2, -0.15) is 0 Å². The van der Waals surface area contributed by atoms with Crippen LogP contribution in [0.1, 0.15) is 25.3 Å². The van der Waals surface area contributed by atoms with Crippen LogP contribution in [0.4, 0.5) is 0 Å². The molecule has 2 N–H and O–H groups in total. The fraction of sp³-hybridized carbons (Fsp3) is 0.538. The molecule has 0 spiro atoms. The number of nitrogens with two attached hydrogens (primary N) is 1. The van der Waals surface area contributed by atoms with Gasteiger partial charge >= 0.3 is 0 Å². The summed E-state index contributed by atoms with van der Waals surface area (Å²) < 4.78 is 16.4. The Labute approximate surface area is 102 Å². The van der Waals surface area contributed by atoms with Crippen LogP contribution in [0.3, 0.4) is 0 Å². The molecule has 4 heteroatoms. The first-order valence-electron chi connectivity index (χ1n) is 6.03. The van der Waals surface area contributed by atoms with Gasteiger partial charge in [-0.05, 0) is 37.1 Å². The predicted octanol–water partition coefficient (Wildman–Crippen LogP) is 2.06. The molecule has 1 unspecified atom stereocenters. The van der Waals surface area contributed by atoms with Crippen molar-refractivity contribution in [3.05, 3.63) is 23.8 Å². The zero-order valence-corrected chi connectivity index (χ0v) is 10.1. The lowest BCUT2D eigenvalue weighted by Crippen LogP contribution is -2.16. The maximum Gasteiger partial charge on any atom is 0.231 e. The lowest BCUT2D eigenvalue weighted by molar-refractivity contribution is 0.0342. The summed E-state index contributed by atoms with van der Waals surface area (Å²) in [4.78, 5) is 0. The van der Waals surface area contributed by atoms with Gasteiger partial charge in [0.15, 0.2) is 11.5 Å². The summed E-state index contributed by atoms with van der Waals surface area (Å²) in [7, 11) is 0. The molecule has 1 atom stereocenters. The van der Waals surface area contributed by atoms with Crippen LogP contribution in [-0.2, 0) is 11.3 Å². The average molecular weight is 237 g/mol. The molecule has 0 amide bonds. The van der Waals surface area contributed by atoms with E-state index in [1.807, 2.05) is 18.2 Å². The molecule has 1 aliphatic rings. The van der Waals surface area contributed by atoms with E-state index in [9.17, 15) is 0 Å². The Hall–Kier alpha value is -1.26. The second kappa shape index (κ2) is 5.89. The fourth-order valence-electron chi connectivity index (χ4n) is 1.84. The fourth-order valence-corrected chi connectivity index (χ4v) is 1.84. The third-order valence-corrected chi connectivity index (χ3v) is 2.87. The zero-order chi connectivity index (χ0) is 12.1. The van der Waals surface area contributed by atoms with E-state index in [1.54, 1.807) is 0 Å². The van der Waals surface area contributed by atoms with Gasteiger partial charge in [0.1, 0.15) is 0 Å². The van der Waals surface area contributed by atoms with Gasteiger partial charge in [-0.25, -0.2) is 0 Å². The van der Waals surface area contributed by atoms with Crippen LogP contribution in [0, 0.1) is 0 Å². The van der Waals surface area contributed by atoms with Gasteiger partial charge in [0.25, 0.3) is 0 Å². The summed E-state index contributed by atoms with van der Waals surface area (Å²) in [5.74, 6) is 1.61. The normalized spacial score (nSPS) is 14.9. The number of fused-ring (bicyclic) bond motifs is 1. The molecule has 1 aliphatic heterocycles. The molecule has 0 radical (unpaired) electrons. The monoisotopic (exact) mass is 237 g/mol. The van der Waals surface area contributed by atoms with Crippen LogP contribution in [-0.4, -0.2) is 19.4 Å². The van der Waals surface area contributed by atoms with Gasteiger partial charge in [-0.1, -0.05) is 13.0 Å². The van der Waals surface area contributed by atoms with Gasteiger partial charge in [0.2, 0.25) is 6.79 Å². The third-order valence-electron chi connectivity index (χ3n) is 2.87. The molecule has 0 saturated carbocycles. The van der Waals surface area contributed by atoms with E-state index in [0.29, 0.717) is 19.9 Å². The molecule has 0 aromatic heterocycles. The molecule has 17 heavy (non-hydrogen) atoms.